The molecule has 2 atom stereocenters. The van der Waals surface area contributed by atoms with Crippen LogP contribution in [0, 0.1) is 5.92 Å². The summed E-state index contributed by atoms with van der Waals surface area (Å²) in [6, 6.07) is 0. The zero-order valence-corrected chi connectivity index (χ0v) is 13.7. The molecule has 0 spiro atoms. The molecule has 0 radical (unpaired) electrons. The average Bonchev–Trinajstić information content (AvgIpc) is 2.63. The Morgan fingerprint density at radius 2 is 1.89 bits per heavy atom. The third-order valence-corrected chi connectivity index (χ3v) is 8.80. The topological polar surface area (TPSA) is 35.5 Å². The molecule has 4 heteroatoms. The Hall–Kier alpha value is -0.353. The second kappa shape index (κ2) is 5.74. The summed E-state index contributed by atoms with van der Waals surface area (Å²) in [7, 11) is -1.79. The first-order valence-corrected chi connectivity index (χ1v) is 9.94. The van der Waals surface area contributed by atoms with E-state index in [1.807, 2.05) is 6.92 Å². The first kappa shape index (κ1) is 15.7. The van der Waals surface area contributed by atoms with Crippen molar-refractivity contribution in [1.29, 1.82) is 0 Å². The van der Waals surface area contributed by atoms with Crippen LogP contribution >= 0.6 is 0 Å². The van der Waals surface area contributed by atoms with Crippen LogP contribution in [0.15, 0.2) is 0 Å². The minimum Gasteiger partial charge on any atom is -0.466 e. The standard InChI is InChI=1S/C14H28O3Si/c1-7-16-13(15)11-9-8-10-12(11)17-18(5,6)14(2,3)4/h11-12H,7-10H2,1-6H3/t11-,12+/m1/s1. The third kappa shape index (κ3) is 3.57. The van der Waals surface area contributed by atoms with Gasteiger partial charge in [-0.05, 0) is 44.3 Å². The van der Waals surface area contributed by atoms with Crippen molar-refractivity contribution in [1.82, 2.24) is 0 Å². The second-order valence-electron chi connectivity index (χ2n) is 6.71. The lowest BCUT2D eigenvalue weighted by molar-refractivity contribution is -0.150. The molecule has 0 aromatic rings. The van der Waals surface area contributed by atoms with Gasteiger partial charge < -0.3 is 9.16 Å². The van der Waals surface area contributed by atoms with Gasteiger partial charge in [-0.1, -0.05) is 20.8 Å². The molecule has 0 N–H and O–H groups in total. The molecule has 0 aromatic heterocycles. The molecular weight excluding hydrogens is 244 g/mol. The van der Waals surface area contributed by atoms with Gasteiger partial charge in [-0.3, -0.25) is 4.79 Å². The third-order valence-electron chi connectivity index (χ3n) is 4.29. The van der Waals surface area contributed by atoms with Gasteiger partial charge in [-0.15, -0.1) is 0 Å². The van der Waals surface area contributed by atoms with Crippen molar-refractivity contribution in [2.75, 3.05) is 6.61 Å². The highest BCUT2D eigenvalue weighted by molar-refractivity contribution is 6.74. The zero-order chi connectivity index (χ0) is 14.0. The van der Waals surface area contributed by atoms with E-state index in [0.29, 0.717) is 6.61 Å². The maximum atomic E-state index is 11.9. The Bertz CT molecular complexity index is 294. The number of carbonyl (C=O) groups is 1. The maximum absolute atomic E-state index is 11.9. The van der Waals surface area contributed by atoms with E-state index in [9.17, 15) is 4.79 Å². The highest BCUT2D eigenvalue weighted by Crippen LogP contribution is 2.41. The molecule has 106 valence electrons. The summed E-state index contributed by atoms with van der Waals surface area (Å²) in [4.78, 5) is 11.9. The van der Waals surface area contributed by atoms with Crippen molar-refractivity contribution in [3.63, 3.8) is 0 Å². The molecule has 0 amide bonds. The molecule has 1 aliphatic carbocycles. The lowest BCUT2D eigenvalue weighted by Gasteiger charge is -2.39. The van der Waals surface area contributed by atoms with Crippen molar-refractivity contribution in [3.8, 4) is 0 Å². The fraction of sp³-hybridized carbons (Fsp3) is 0.929. The fourth-order valence-electron chi connectivity index (χ4n) is 2.14. The van der Waals surface area contributed by atoms with Crippen LogP contribution in [0.1, 0.15) is 47.0 Å². The SMILES string of the molecule is CCOC(=O)[C@@H]1CCC[C@@H]1O[Si](C)(C)C(C)(C)C. The van der Waals surface area contributed by atoms with E-state index in [-0.39, 0.29) is 23.0 Å². The van der Waals surface area contributed by atoms with Crippen LogP contribution in [0.5, 0.6) is 0 Å². The van der Waals surface area contributed by atoms with E-state index in [0.717, 1.165) is 19.3 Å². The van der Waals surface area contributed by atoms with Gasteiger partial charge in [0.1, 0.15) is 0 Å². The minimum atomic E-state index is -1.79. The zero-order valence-electron chi connectivity index (χ0n) is 12.7. The van der Waals surface area contributed by atoms with Crippen LogP contribution in [-0.4, -0.2) is 27.0 Å². The molecule has 0 aliphatic heterocycles. The molecule has 0 heterocycles. The molecule has 1 saturated carbocycles. The largest absolute Gasteiger partial charge is 0.466 e. The quantitative estimate of drug-likeness (QED) is 0.577. The smallest absolute Gasteiger partial charge is 0.311 e. The minimum absolute atomic E-state index is 0.0425. The Balaban J connectivity index is 2.69. The van der Waals surface area contributed by atoms with Gasteiger partial charge in [0.2, 0.25) is 0 Å². The molecular formula is C14H28O3Si. The van der Waals surface area contributed by atoms with Crippen LogP contribution in [0.3, 0.4) is 0 Å². The van der Waals surface area contributed by atoms with Gasteiger partial charge in [0.25, 0.3) is 0 Å². The maximum Gasteiger partial charge on any atom is 0.311 e. The normalized spacial score (nSPS) is 25.2. The molecule has 1 rings (SSSR count). The summed E-state index contributed by atoms with van der Waals surface area (Å²) in [5.74, 6) is -0.113. The first-order chi connectivity index (χ1) is 8.19. The molecule has 1 aliphatic rings. The van der Waals surface area contributed by atoms with Crippen LogP contribution in [0.25, 0.3) is 0 Å². The van der Waals surface area contributed by atoms with E-state index < -0.39 is 8.32 Å². The highest BCUT2D eigenvalue weighted by Gasteiger charge is 2.43. The Morgan fingerprint density at radius 3 is 2.39 bits per heavy atom. The molecule has 0 unspecified atom stereocenters. The highest BCUT2D eigenvalue weighted by atomic mass is 28.4. The average molecular weight is 272 g/mol. The molecule has 0 saturated heterocycles. The number of esters is 1. The summed E-state index contributed by atoms with van der Waals surface area (Å²) in [6.07, 6.45) is 3.06. The van der Waals surface area contributed by atoms with Crippen molar-refractivity contribution in [2.24, 2.45) is 5.92 Å². The number of carbonyl (C=O) groups excluding carboxylic acids is 1. The summed E-state index contributed by atoms with van der Waals surface area (Å²) in [6.45, 7) is 13.5. The molecule has 0 aromatic carbocycles. The van der Waals surface area contributed by atoms with Crippen molar-refractivity contribution >= 4 is 14.3 Å². The van der Waals surface area contributed by atoms with E-state index in [2.05, 4.69) is 33.9 Å². The van der Waals surface area contributed by atoms with Gasteiger partial charge in [0, 0.05) is 0 Å². The Morgan fingerprint density at radius 1 is 1.28 bits per heavy atom. The Kier molecular flexibility index (Phi) is 5.01. The molecule has 1 fully saturated rings. The summed E-state index contributed by atoms with van der Waals surface area (Å²) in [5.41, 5.74) is 0. The molecule has 18 heavy (non-hydrogen) atoms. The van der Waals surface area contributed by atoms with Gasteiger partial charge in [-0.2, -0.15) is 0 Å². The monoisotopic (exact) mass is 272 g/mol. The number of ether oxygens (including phenoxy) is 1. The van der Waals surface area contributed by atoms with Crippen LogP contribution in [0.2, 0.25) is 18.1 Å². The second-order valence-corrected chi connectivity index (χ2v) is 11.5. The van der Waals surface area contributed by atoms with Gasteiger partial charge in [0.05, 0.1) is 18.6 Å². The lowest BCUT2D eigenvalue weighted by Crippen LogP contribution is -2.45. The molecule has 0 bridgehead atoms. The van der Waals surface area contributed by atoms with E-state index in [4.69, 9.17) is 9.16 Å². The fourth-order valence-corrected chi connectivity index (χ4v) is 3.53. The van der Waals surface area contributed by atoms with Crippen molar-refractivity contribution < 1.29 is 14.0 Å². The predicted molar refractivity (Wildman–Crippen MR) is 76.0 cm³/mol. The van der Waals surface area contributed by atoms with E-state index >= 15 is 0 Å². The predicted octanol–water partition coefficient (Wildman–Crippen LogP) is 3.74. The van der Waals surface area contributed by atoms with Gasteiger partial charge >= 0.3 is 5.97 Å². The van der Waals surface area contributed by atoms with Crippen LogP contribution in [-0.2, 0) is 14.0 Å². The summed E-state index contributed by atoms with van der Waals surface area (Å²) >= 11 is 0. The van der Waals surface area contributed by atoms with Crippen molar-refractivity contribution in [3.05, 3.63) is 0 Å². The van der Waals surface area contributed by atoms with Crippen LogP contribution in [0.4, 0.5) is 0 Å². The lowest BCUT2D eigenvalue weighted by atomic mass is 10.1. The van der Waals surface area contributed by atoms with E-state index in [1.54, 1.807) is 0 Å². The van der Waals surface area contributed by atoms with Crippen LogP contribution < -0.4 is 0 Å². The molecule has 3 nitrogen and oxygen atoms in total. The number of rotatable bonds is 4. The van der Waals surface area contributed by atoms with Gasteiger partial charge in [-0.25, -0.2) is 0 Å². The number of hydrogen-bond donors (Lipinski definition) is 0. The van der Waals surface area contributed by atoms with Crippen molar-refractivity contribution in [2.45, 2.75) is 71.2 Å². The summed E-state index contributed by atoms with van der Waals surface area (Å²) in [5, 5.41) is 0.189. The number of hydrogen-bond acceptors (Lipinski definition) is 3. The Labute approximate surface area is 112 Å². The van der Waals surface area contributed by atoms with Gasteiger partial charge in [0.15, 0.2) is 8.32 Å². The van der Waals surface area contributed by atoms with E-state index in [1.165, 1.54) is 0 Å². The summed E-state index contributed by atoms with van der Waals surface area (Å²) < 4.78 is 11.5. The first-order valence-electron chi connectivity index (χ1n) is 7.03.